The van der Waals surface area contributed by atoms with Crippen LogP contribution in [0.15, 0.2) is 53.5 Å². The van der Waals surface area contributed by atoms with Crippen LogP contribution in [0.4, 0.5) is 8.78 Å². The molecule has 7 heteroatoms. The monoisotopic (exact) mass is 377 g/mol. The molecule has 0 atom stereocenters. The third-order valence-electron chi connectivity index (χ3n) is 3.59. The Morgan fingerprint density at radius 1 is 1.00 bits per heavy atom. The van der Waals surface area contributed by atoms with Gasteiger partial charge in [0.1, 0.15) is 11.5 Å². The van der Waals surface area contributed by atoms with Crippen LogP contribution in [0.25, 0.3) is 0 Å². The molecule has 0 radical (unpaired) electrons. The zero-order valence-corrected chi connectivity index (χ0v) is 15.7. The Morgan fingerprint density at radius 3 is 2.44 bits per heavy atom. The quantitative estimate of drug-likeness (QED) is 0.540. The molecule has 2 N–H and O–H groups in total. The Kier molecular flexibility index (Phi) is 7.85. The number of aliphatic imine (C=N–C) groups is 1. The van der Waals surface area contributed by atoms with Crippen LogP contribution >= 0.6 is 0 Å². The first-order chi connectivity index (χ1) is 13.0. The standard InChI is InChI=1S/C20H25F2N3O2/c1-14(2)26-17-9-6-7-15(11-17)12-24-20(23-3)25-13-16-8-4-5-10-18(16)27-19(21)22/h4-11,14,19H,12-13H2,1-3H3,(H2,23,24,25). The minimum Gasteiger partial charge on any atom is -0.491 e. The van der Waals surface area contributed by atoms with E-state index < -0.39 is 6.61 Å². The molecule has 0 bridgehead atoms. The number of benzene rings is 2. The molecule has 2 rings (SSSR count). The molecule has 2 aromatic rings. The van der Waals surface area contributed by atoms with E-state index in [9.17, 15) is 8.78 Å². The Hall–Kier alpha value is -2.83. The fraction of sp³-hybridized carbons (Fsp3) is 0.350. The summed E-state index contributed by atoms with van der Waals surface area (Å²) in [6, 6.07) is 14.5. The number of nitrogens with one attached hydrogen (secondary N) is 2. The highest BCUT2D eigenvalue weighted by molar-refractivity contribution is 5.79. The molecular weight excluding hydrogens is 352 g/mol. The molecule has 0 spiro atoms. The second kappa shape index (κ2) is 10.4. The molecule has 0 aromatic heterocycles. The number of hydrogen-bond donors (Lipinski definition) is 2. The Bertz CT molecular complexity index is 752. The zero-order chi connectivity index (χ0) is 19.6. The average Bonchev–Trinajstić information content (AvgIpc) is 2.62. The third-order valence-corrected chi connectivity index (χ3v) is 3.59. The molecule has 0 heterocycles. The van der Waals surface area contributed by atoms with E-state index in [0.29, 0.717) is 24.6 Å². The Morgan fingerprint density at radius 2 is 1.74 bits per heavy atom. The molecule has 0 unspecified atom stereocenters. The van der Waals surface area contributed by atoms with Gasteiger partial charge < -0.3 is 20.1 Å². The molecule has 27 heavy (non-hydrogen) atoms. The van der Waals surface area contributed by atoms with Crippen LogP contribution in [0, 0.1) is 0 Å². The predicted molar refractivity (Wildman–Crippen MR) is 102 cm³/mol. The van der Waals surface area contributed by atoms with Crippen molar-refractivity contribution in [1.82, 2.24) is 10.6 Å². The van der Waals surface area contributed by atoms with Gasteiger partial charge in [-0.3, -0.25) is 4.99 Å². The van der Waals surface area contributed by atoms with Crippen molar-refractivity contribution in [2.75, 3.05) is 7.05 Å². The number of hydrogen-bond acceptors (Lipinski definition) is 3. The largest absolute Gasteiger partial charge is 0.491 e. The van der Waals surface area contributed by atoms with Crippen LogP contribution in [0.3, 0.4) is 0 Å². The van der Waals surface area contributed by atoms with E-state index in [4.69, 9.17) is 4.74 Å². The predicted octanol–water partition coefficient (Wildman–Crippen LogP) is 3.94. The second-order valence-corrected chi connectivity index (χ2v) is 6.08. The first-order valence-electron chi connectivity index (χ1n) is 8.70. The summed E-state index contributed by atoms with van der Waals surface area (Å²) in [6.07, 6.45) is 0.109. The van der Waals surface area contributed by atoms with E-state index in [2.05, 4.69) is 20.4 Å². The van der Waals surface area contributed by atoms with Gasteiger partial charge in [-0.05, 0) is 37.6 Å². The van der Waals surface area contributed by atoms with Gasteiger partial charge in [-0.1, -0.05) is 30.3 Å². The summed E-state index contributed by atoms with van der Waals surface area (Å²) in [4.78, 5) is 4.15. The summed E-state index contributed by atoms with van der Waals surface area (Å²) in [5, 5.41) is 6.29. The minimum atomic E-state index is -2.86. The maximum absolute atomic E-state index is 12.5. The molecule has 0 aliphatic rings. The van der Waals surface area contributed by atoms with E-state index in [1.165, 1.54) is 6.07 Å². The lowest BCUT2D eigenvalue weighted by atomic mass is 10.2. The van der Waals surface area contributed by atoms with Crippen molar-refractivity contribution in [2.45, 2.75) is 39.7 Å². The molecular formula is C20H25F2N3O2. The van der Waals surface area contributed by atoms with Crippen LogP contribution in [-0.2, 0) is 13.1 Å². The van der Waals surface area contributed by atoms with Crippen LogP contribution < -0.4 is 20.1 Å². The Balaban J connectivity index is 1.92. The van der Waals surface area contributed by atoms with E-state index in [1.54, 1.807) is 25.2 Å². The highest BCUT2D eigenvalue weighted by Crippen LogP contribution is 2.20. The average molecular weight is 377 g/mol. The number of ether oxygens (including phenoxy) is 2. The van der Waals surface area contributed by atoms with Crippen molar-refractivity contribution < 1.29 is 18.3 Å². The summed E-state index contributed by atoms with van der Waals surface area (Å²) in [5.41, 5.74) is 1.66. The number of guanidine groups is 1. The highest BCUT2D eigenvalue weighted by Gasteiger charge is 2.09. The van der Waals surface area contributed by atoms with Gasteiger partial charge >= 0.3 is 6.61 Å². The summed E-state index contributed by atoms with van der Waals surface area (Å²) in [5.74, 6) is 1.51. The van der Waals surface area contributed by atoms with Gasteiger partial charge in [0.15, 0.2) is 5.96 Å². The molecule has 0 aliphatic heterocycles. The fourth-order valence-electron chi connectivity index (χ4n) is 2.45. The van der Waals surface area contributed by atoms with E-state index in [-0.39, 0.29) is 11.9 Å². The smallest absolute Gasteiger partial charge is 0.387 e. The second-order valence-electron chi connectivity index (χ2n) is 6.08. The van der Waals surface area contributed by atoms with Crippen molar-refractivity contribution in [1.29, 1.82) is 0 Å². The molecule has 0 fully saturated rings. The maximum atomic E-state index is 12.5. The lowest BCUT2D eigenvalue weighted by Gasteiger charge is -2.15. The lowest BCUT2D eigenvalue weighted by molar-refractivity contribution is -0.0504. The minimum absolute atomic E-state index is 0.109. The van der Waals surface area contributed by atoms with Crippen molar-refractivity contribution >= 4 is 5.96 Å². The molecule has 2 aromatic carbocycles. The fourth-order valence-corrected chi connectivity index (χ4v) is 2.45. The molecule has 0 saturated heterocycles. The first-order valence-corrected chi connectivity index (χ1v) is 8.70. The third kappa shape index (κ3) is 7.13. The molecule has 5 nitrogen and oxygen atoms in total. The van der Waals surface area contributed by atoms with Crippen molar-refractivity contribution in [2.24, 2.45) is 4.99 Å². The van der Waals surface area contributed by atoms with E-state index in [1.807, 2.05) is 38.1 Å². The number of para-hydroxylation sites is 1. The topological polar surface area (TPSA) is 54.9 Å². The number of alkyl halides is 2. The van der Waals surface area contributed by atoms with Gasteiger partial charge in [0.25, 0.3) is 0 Å². The molecule has 0 aliphatic carbocycles. The normalized spacial score (nSPS) is 11.6. The first kappa shape index (κ1) is 20.5. The maximum Gasteiger partial charge on any atom is 0.387 e. The number of rotatable bonds is 8. The highest BCUT2D eigenvalue weighted by atomic mass is 19.3. The Labute approximate surface area is 158 Å². The molecule has 146 valence electrons. The number of nitrogens with zero attached hydrogens (tertiary/aromatic N) is 1. The van der Waals surface area contributed by atoms with Crippen molar-refractivity contribution in [3.05, 3.63) is 59.7 Å². The lowest BCUT2D eigenvalue weighted by Crippen LogP contribution is -2.36. The van der Waals surface area contributed by atoms with E-state index in [0.717, 1.165) is 11.3 Å². The van der Waals surface area contributed by atoms with Gasteiger partial charge in [0.05, 0.1) is 6.10 Å². The van der Waals surface area contributed by atoms with Crippen LogP contribution in [0.2, 0.25) is 0 Å². The molecule has 0 saturated carbocycles. The van der Waals surface area contributed by atoms with E-state index >= 15 is 0 Å². The summed E-state index contributed by atoms with van der Waals surface area (Å²) >= 11 is 0. The summed E-state index contributed by atoms with van der Waals surface area (Å²) in [7, 11) is 1.65. The SMILES string of the molecule is CN=C(NCc1cccc(OC(C)C)c1)NCc1ccccc1OC(F)F. The van der Waals surface area contributed by atoms with Crippen LogP contribution in [0.1, 0.15) is 25.0 Å². The van der Waals surface area contributed by atoms with Gasteiger partial charge in [0, 0.05) is 25.7 Å². The zero-order valence-electron chi connectivity index (χ0n) is 15.7. The summed E-state index contributed by atoms with van der Waals surface area (Å²) in [6.45, 7) is 1.95. The molecule has 0 amide bonds. The van der Waals surface area contributed by atoms with Gasteiger partial charge in [-0.25, -0.2) is 0 Å². The van der Waals surface area contributed by atoms with Gasteiger partial charge in [0.2, 0.25) is 0 Å². The van der Waals surface area contributed by atoms with Gasteiger partial charge in [-0.2, -0.15) is 8.78 Å². The van der Waals surface area contributed by atoms with Gasteiger partial charge in [-0.15, -0.1) is 0 Å². The van der Waals surface area contributed by atoms with Crippen LogP contribution in [0.5, 0.6) is 11.5 Å². The van der Waals surface area contributed by atoms with Crippen molar-refractivity contribution in [3.63, 3.8) is 0 Å². The van der Waals surface area contributed by atoms with Crippen LogP contribution in [-0.4, -0.2) is 25.7 Å². The van der Waals surface area contributed by atoms with Crippen molar-refractivity contribution in [3.8, 4) is 11.5 Å². The summed E-state index contributed by atoms with van der Waals surface area (Å²) < 4.78 is 35.2. The number of halogens is 2.